The van der Waals surface area contributed by atoms with Crippen molar-refractivity contribution in [3.8, 4) is 22.3 Å². The Balaban J connectivity index is 1.24. The third kappa shape index (κ3) is 4.57. The minimum Gasteiger partial charge on any atom is -0.453 e. The first-order chi connectivity index (χ1) is 24.8. The van der Waals surface area contributed by atoms with Crippen molar-refractivity contribution in [3.63, 3.8) is 0 Å². The highest BCUT2D eigenvalue weighted by Gasteiger charge is 2.22. The number of para-hydroxylation sites is 1. The highest BCUT2D eigenvalue weighted by molar-refractivity contribution is 6.24. The Morgan fingerprint density at radius 1 is 0.340 bits per heavy atom. The van der Waals surface area contributed by atoms with Crippen molar-refractivity contribution < 1.29 is 4.42 Å². The van der Waals surface area contributed by atoms with Crippen molar-refractivity contribution in [1.29, 1.82) is 0 Å². The standard InChI is InChI=1S/C48H31NO/c1-3-12-32(13-4-1)33-24-26-38(27-25-33)49(39-28-29-41-37(30-39)23-22-35-16-7-9-18-40(35)41)45-21-11-20-43-46-42-19-10-8-17-36(42)31-44(48(46)50-47(43)45)34-14-5-2-6-15-34/h1-31H. The minimum absolute atomic E-state index is 0.863. The fourth-order valence-electron chi connectivity index (χ4n) is 7.64. The molecule has 10 rings (SSSR count). The molecule has 0 radical (unpaired) electrons. The van der Waals surface area contributed by atoms with Gasteiger partial charge in [-0.3, -0.25) is 0 Å². The SMILES string of the molecule is c1ccc(-c2ccc(N(c3ccc4c(ccc5ccccc54)c3)c3cccc4c3oc3c(-c5ccccc5)cc5ccccc5c34)cc2)cc1. The zero-order chi connectivity index (χ0) is 33.0. The van der Waals surface area contributed by atoms with E-state index in [9.17, 15) is 0 Å². The first-order valence-corrected chi connectivity index (χ1v) is 17.1. The van der Waals surface area contributed by atoms with E-state index in [0.717, 1.165) is 50.1 Å². The molecule has 50 heavy (non-hydrogen) atoms. The number of rotatable bonds is 5. The molecule has 234 valence electrons. The molecule has 10 aromatic rings. The molecule has 0 bridgehead atoms. The quantitative estimate of drug-likeness (QED) is 0.175. The van der Waals surface area contributed by atoms with Crippen LogP contribution >= 0.6 is 0 Å². The summed E-state index contributed by atoms with van der Waals surface area (Å²) in [7, 11) is 0. The Kier molecular flexibility index (Phi) is 6.53. The highest BCUT2D eigenvalue weighted by atomic mass is 16.3. The maximum Gasteiger partial charge on any atom is 0.159 e. The van der Waals surface area contributed by atoms with Crippen molar-refractivity contribution in [3.05, 3.63) is 188 Å². The summed E-state index contributed by atoms with van der Waals surface area (Å²) in [5.41, 5.74) is 9.50. The van der Waals surface area contributed by atoms with Crippen LogP contribution in [0, 0.1) is 0 Å². The van der Waals surface area contributed by atoms with E-state index in [0.29, 0.717) is 0 Å². The summed E-state index contributed by atoms with van der Waals surface area (Å²) in [6.07, 6.45) is 0. The lowest BCUT2D eigenvalue weighted by molar-refractivity contribution is 0.670. The summed E-state index contributed by atoms with van der Waals surface area (Å²) >= 11 is 0. The van der Waals surface area contributed by atoms with Gasteiger partial charge >= 0.3 is 0 Å². The largest absolute Gasteiger partial charge is 0.453 e. The molecule has 0 aliphatic carbocycles. The molecule has 0 aliphatic heterocycles. The summed E-state index contributed by atoms with van der Waals surface area (Å²) in [5.74, 6) is 0. The van der Waals surface area contributed by atoms with Crippen LogP contribution in [-0.2, 0) is 0 Å². The molecule has 0 unspecified atom stereocenters. The molecule has 2 heteroatoms. The third-order valence-corrected chi connectivity index (χ3v) is 10.0. The monoisotopic (exact) mass is 637 g/mol. The van der Waals surface area contributed by atoms with E-state index in [1.807, 2.05) is 0 Å². The van der Waals surface area contributed by atoms with Gasteiger partial charge in [0.15, 0.2) is 5.58 Å². The van der Waals surface area contributed by atoms with E-state index in [-0.39, 0.29) is 0 Å². The topological polar surface area (TPSA) is 16.4 Å². The number of benzene rings is 9. The van der Waals surface area contributed by atoms with Gasteiger partial charge in [0.25, 0.3) is 0 Å². The Bertz CT molecular complexity index is 2850. The number of anilines is 3. The zero-order valence-electron chi connectivity index (χ0n) is 27.3. The fraction of sp³-hybridized carbons (Fsp3) is 0. The van der Waals surface area contributed by atoms with Gasteiger partial charge in [-0.2, -0.15) is 0 Å². The number of nitrogens with zero attached hydrogens (tertiary/aromatic N) is 1. The maximum atomic E-state index is 7.10. The fourth-order valence-corrected chi connectivity index (χ4v) is 7.64. The number of fused-ring (bicyclic) bond motifs is 8. The second-order valence-electron chi connectivity index (χ2n) is 12.9. The van der Waals surface area contributed by atoms with Gasteiger partial charge in [0.05, 0.1) is 5.69 Å². The average molecular weight is 638 g/mol. The van der Waals surface area contributed by atoms with Crippen LogP contribution < -0.4 is 4.90 Å². The Labute approximate surface area is 290 Å². The van der Waals surface area contributed by atoms with Crippen LogP contribution in [0.25, 0.3) is 76.5 Å². The summed E-state index contributed by atoms with van der Waals surface area (Å²) in [4.78, 5) is 2.35. The van der Waals surface area contributed by atoms with E-state index in [1.54, 1.807) is 0 Å². The molecule has 0 saturated carbocycles. The third-order valence-electron chi connectivity index (χ3n) is 10.0. The van der Waals surface area contributed by atoms with E-state index in [2.05, 4.69) is 193 Å². The van der Waals surface area contributed by atoms with Crippen LogP contribution in [0.2, 0.25) is 0 Å². The van der Waals surface area contributed by atoms with Crippen molar-refractivity contribution in [2.45, 2.75) is 0 Å². The molecule has 1 heterocycles. The molecule has 9 aromatic carbocycles. The van der Waals surface area contributed by atoms with Crippen LogP contribution in [-0.4, -0.2) is 0 Å². The van der Waals surface area contributed by atoms with E-state index >= 15 is 0 Å². The second kappa shape index (κ2) is 11.5. The molecular weight excluding hydrogens is 607 g/mol. The lowest BCUT2D eigenvalue weighted by Crippen LogP contribution is -2.10. The minimum atomic E-state index is 0.863. The first-order valence-electron chi connectivity index (χ1n) is 17.1. The van der Waals surface area contributed by atoms with Gasteiger partial charge in [-0.1, -0.05) is 152 Å². The molecular formula is C48H31NO. The van der Waals surface area contributed by atoms with Crippen molar-refractivity contribution in [1.82, 2.24) is 0 Å². The van der Waals surface area contributed by atoms with Crippen molar-refractivity contribution in [2.75, 3.05) is 4.90 Å². The summed E-state index contributed by atoms with van der Waals surface area (Å²) in [6.45, 7) is 0. The highest BCUT2D eigenvalue weighted by Crippen LogP contribution is 2.47. The van der Waals surface area contributed by atoms with Crippen LogP contribution in [0.5, 0.6) is 0 Å². The van der Waals surface area contributed by atoms with Crippen molar-refractivity contribution >= 4 is 71.3 Å². The molecule has 0 atom stereocenters. The van der Waals surface area contributed by atoms with Crippen LogP contribution in [0.1, 0.15) is 0 Å². The molecule has 2 nitrogen and oxygen atoms in total. The van der Waals surface area contributed by atoms with Gasteiger partial charge in [-0.05, 0) is 85.4 Å². The van der Waals surface area contributed by atoms with Crippen LogP contribution in [0.4, 0.5) is 17.1 Å². The lowest BCUT2D eigenvalue weighted by atomic mass is 9.96. The zero-order valence-corrected chi connectivity index (χ0v) is 27.3. The van der Waals surface area contributed by atoms with Gasteiger partial charge < -0.3 is 9.32 Å². The van der Waals surface area contributed by atoms with Crippen molar-refractivity contribution in [2.24, 2.45) is 0 Å². The molecule has 0 aliphatic rings. The van der Waals surface area contributed by atoms with Crippen LogP contribution in [0.15, 0.2) is 192 Å². The van der Waals surface area contributed by atoms with Gasteiger partial charge in [-0.25, -0.2) is 0 Å². The average Bonchev–Trinajstić information content (AvgIpc) is 3.59. The molecule has 0 fully saturated rings. The van der Waals surface area contributed by atoms with Gasteiger partial charge in [0.1, 0.15) is 5.58 Å². The normalized spacial score (nSPS) is 11.6. The smallest absolute Gasteiger partial charge is 0.159 e. The molecule has 0 spiro atoms. The lowest BCUT2D eigenvalue weighted by Gasteiger charge is -2.26. The summed E-state index contributed by atoms with van der Waals surface area (Å²) < 4.78 is 7.10. The van der Waals surface area contributed by atoms with E-state index in [4.69, 9.17) is 4.42 Å². The van der Waals surface area contributed by atoms with Gasteiger partial charge in [0, 0.05) is 27.7 Å². The number of hydrogen-bond donors (Lipinski definition) is 0. The molecule has 1 aromatic heterocycles. The van der Waals surface area contributed by atoms with Crippen LogP contribution in [0.3, 0.4) is 0 Å². The molecule has 0 saturated heterocycles. The Morgan fingerprint density at radius 2 is 0.920 bits per heavy atom. The maximum absolute atomic E-state index is 7.10. The van der Waals surface area contributed by atoms with E-state index in [1.165, 1.54) is 43.4 Å². The van der Waals surface area contributed by atoms with E-state index < -0.39 is 0 Å². The predicted octanol–water partition coefficient (Wildman–Crippen LogP) is 13.8. The molecule has 0 N–H and O–H groups in total. The first kappa shape index (κ1) is 28.4. The van der Waals surface area contributed by atoms with Gasteiger partial charge in [-0.15, -0.1) is 0 Å². The number of hydrogen-bond acceptors (Lipinski definition) is 2. The summed E-state index contributed by atoms with van der Waals surface area (Å²) in [6, 6.07) is 67.3. The molecule has 0 amide bonds. The second-order valence-corrected chi connectivity index (χ2v) is 12.9. The Hall–Kier alpha value is -6.64. The predicted molar refractivity (Wildman–Crippen MR) is 212 cm³/mol. The van der Waals surface area contributed by atoms with Gasteiger partial charge in [0.2, 0.25) is 0 Å². The summed E-state index contributed by atoms with van der Waals surface area (Å²) in [5, 5.41) is 9.57. The number of furan rings is 1. The Morgan fingerprint density at radius 3 is 1.72 bits per heavy atom.